The van der Waals surface area contributed by atoms with Gasteiger partial charge >= 0.3 is 6.09 Å². The molecule has 0 aliphatic carbocycles. The van der Waals surface area contributed by atoms with Gasteiger partial charge in [-0.25, -0.2) is 9.78 Å². The van der Waals surface area contributed by atoms with Crippen molar-refractivity contribution in [3.8, 4) is 0 Å². The van der Waals surface area contributed by atoms with Crippen LogP contribution in [0.5, 0.6) is 0 Å². The predicted molar refractivity (Wildman–Crippen MR) is 31.6 cm³/mol. The van der Waals surface area contributed by atoms with Gasteiger partial charge in [0.05, 0.1) is 0 Å². The van der Waals surface area contributed by atoms with Gasteiger partial charge in [0.25, 0.3) is 0 Å². The van der Waals surface area contributed by atoms with Crippen molar-refractivity contribution in [1.29, 1.82) is 0 Å². The molecule has 0 fully saturated rings. The molecule has 0 aliphatic rings. The van der Waals surface area contributed by atoms with Gasteiger partial charge in [-0.1, -0.05) is 0 Å². The maximum atomic E-state index is 9.89. The molecule has 0 saturated carbocycles. The van der Waals surface area contributed by atoms with Crippen molar-refractivity contribution in [3.63, 3.8) is 0 Å². The number of aromatic nitrogens is 2. The van der Waals surface area contributed by atoms with Gasteiger partial charge in [0.15, 0.2) is 0 Å². The number of amides is 1. The first-order valence-electron chi connectivity index (χ1n) is 2.05. The minimum absolute atomic E-state index is 0.294. The van der Waals surface area contributed by atoms with Crippen molar-refractivity contribution in [3.05, 3.63) is 6.33 Å². The van der Waals surface area contributed by atoms with Gasteiger partial charge in [0.1, 0.15) is 6.33 Å². The molecule has 0 aliphatic heterocycles. The van der Waals surface area contributed by atoms with Crippen molar-refractivity contribution in [1.82, 2.24) is 9.36 Å². The highest BCUT2D eigenvalue weighted by atomic mass is 32.1. The lowest BCUT2D eigenvalue weighted by atomic mass is 11.0. The van der Waals surface area contributed by atoms with Crippen LogP contribution < -0.4 is 5.32 Å². The summed E-state index contributed by atoms with van der Waals surface area (Å²) in [5.74, 6) is 0. The van der Waals surface area contributed by atoms with Crippen LogP contribution in [0.4, 0.5) is 9.93 Å². The third kappa shape index (κ3) is 1.65. The summed E-state index contributed by atoms with van der Waals surface area (Å²) in [7, 11) is 0. The minimum atomic E-state index is -1.12. The van der Waals surface area contributed by atoms with E-state index in [1.54, 1.807) is 0 Å². The van der Waals surface area contributed by atoms with E-state index in [9.17, 15) is 4.79 Å². The Bertz CT molecular complexity index is 197. The molecule has 0 radical (unpaired) electrons. The number of hydrogen-bond acceptors (Lipinski definition) is 4. The summed E-state index contributed by atoms with van der Waals surface area (Å²) in [4.78, 5) is 13.5. The van der Waals surface area contributed by atoms with E-state index >= 15 is 0 Å². The van der Waals surface area contributed by atoms with Gasteiger partial charge in [0.2, 0.25) is 5.13 Å². The van der Waals surface area contributed by atoms with Crippen molar-refractivity contribution < 1.29 is 9.90 Å². The zero-order valence-electron chi connectivity index (χ0n) is 4.24. The summed E-state index contributed by atoms with van der Waals surface area (Å²) < 4.78 is 3.58. The molecule has 0 bridgehead atoms. The molecule has 9 heavy (non-hydrogen) atoms. The molecule has 6 heteroatoms. The third-order valence-corrected chi connectivity index (χ3v) is 1.16. The van der Waals surface area contributed by atoms with E-state index in [2.05, 4.69) is 9.36 Å². The molecule has 0 unspecified atom stereocenters. The fourth-order valence-electron chi connectivity index (χ4n) is 0.320. The van der Waals surface area contributed by atoms with E-state index in [-0.39, 0.29) is 0 Å². The molecule has 1 aromatic rings. The normalized spacial score (nSPS) is 8.89. The van der Waals surface area contributed by atoms with Crippen LogP contribution in [-0.2, 0) is 0 Å². The lowest BCUT2D eigenvalue weighted by Crippen LogP contribution is -2.06. The molecular weight excluding hydrogens is 142 g/mol. The number of nitrogens with zero attached hydrogens (tertiary/aromatic N) is 2. The first kappa shape index (κ1) is 5.96. The van der Waals surface area contributed by atoms with Gasteiger partial charge in [-0.3, -0.25) is 5.32 Å². The van der Waals surface area contributed by atoms with Gasteiger partial charge in [-0.2, -0.15) is 4.37 Å². The molecule has 2 N–H and O–H groups in total. The average Bonchev–Trinajstić information content (AvgIpc) is 2.15. The summed E-state index contributed by atoms with van der Waals surface area (Å²) in [5.41, 5.74) is 0. The van der Waals surface area contributed by atoms with Gasteiger partial charge in [-0.05, 0) is 0 Å². The Hall–Kier alpha value is -1.17. The fraction of sp³-hybridized carbons (Fsp3) is 0. The van der Waals surface area contributed by atoms with Crippen LogP contribution in [0.2, 0.25) is 0 Å². The lowest BCUT2D eigenvalue weighted by molar-refractivity contribution is 0.209. The molecule has 5 nitrogen and oxygen atoms in total. The third-order valence-electron chi connectivity index (χ3n) is 0.575. The second kappa shape index (κ2) is 2.40. The van der Waals surface area contributed by atoms with Crippen LogP contribution in [0.3, 0.4) is 0 Å². The molecule has 1 aromatic heterocycles. The smallest absolute Gasteiger partial charge is 0.411 e. The fourth-order valence-corrected chi connectivity index (χ4v) is 0.741. The monoisotopic (exact) mass is 145 g/mol. The Kier molecular flexibility index (Phi) is 1.59. The topological polar surface area (TPSA) is 75.1 Å². The van der Waals surface area contributed by atoms with Crippen LogP contribution in [0.25, 0.3) is 0 Å². The summed E-state index contributed by atoms with van der Waals surface area (Å²) in [6.45, 7) is 0. The van der Waals surface area contributed by atoms with Crippen LogP contribution in [0.1, 0.15) is 0 Å². The number of anilines is 1. The van der Waals surface area contributed by atoms with Gasteiger partial charge in [-0.15, -0.1) is 0 Å². The van der Waals surface area contributed by atoms with E-state index in [4.69, 9.17) is 5.11 Å². The number of hydrogen-bond donors (Lipinski definition) is 2. The van der Waals surface area contributed by atoms with Crippen molar-refractivity contribution in [2.24, 2.45) is 0 Å². The van der Waals surface area contributed by atoms with Crippen molar-refractivity contribution in [2.75, 3.05) is 5.32 Å². The number of carbonyl (C=O) groups is 1. The van der Waals surface area contributed by atoms with Gasteiger partial charge < -0.3 is 5.11 Å². The molecule has 0 atom stereocenters. The highest BCUT2D eigenvalue weighted by molar-refractivity contribution is 7.09. The molecule has 1 heterocycles. The summed E-state index contributed by atoms with van der Waals surface area (Å²) in [5, 5.41) is 10.5. The van der Waals surface area contributed by atoms with Gasteiger partial charge in [0, 0.05) is 11.5 Å². The van der Waals surface area contributed by atoms with Crippen LogP contribution in [0, 0.1) is 0 Å². The maximum absolute atomic E-state index is 9.89. The van der Waals surface area contributed by atoms with Crippen LogP contribution >= 0.6 is 11.5 Å². The van der Waals surface area contributed by atoms with Crippen LogP contribution in [-0.4, -0.2) is 20.6 Å². The van der Waals surface area contributed by atoms with Crippen LogP contribution in [0.15, 0.2) is 6.33 Å². The molecule has 0 aromatic carbocycles. The van der Waals surface area contributed by atoms with E-state index in [1.807, 2.05) is 5.32 Å². The summed E-state index contributed by atoms with van der Waals surface area (Å²) >= 11 is 0.998. The van der Waals surface area contributed by atoms with Crippen molar-refractivity contribution in [2.45, 2.75) is 0 Å². The lowest BCUT2D eigenvalue weighted by Gasteiger charge is -1.87. The largest absolute Gasteiger partial charge is 0.465 e. The first-order valence-corrected chi connectivity index (χ1v) is 2.83. The SMILES string of the molecule is O=C(O)Nc1ncns1. The molecule has 48 valence electrons. The minimum Gasteiger partial charge on any atom is -0.465 e. The maximum Gasteiger partial charge on any atom is 0.411 e. The zero-order valence-corrected chi connectivity index (χ0v) is 5.05. The predicted octanol–water partition coefficient (Wildman–Crippen LogP) is 0.628. The molecular formula is C3H3N3O2S. The van der Waals surface area contributed by atoms with Crippen molar-refractivity contribution >= 4 is 22.8 Å². The first-order chi connectivity index (χ1) is 4.29. The molecule has 1 rings (SSSR count). The number of carboxylic acid groups (broad SMARTS) is 1. The summed E-state index contributed by atoms with van der Waals surface area (Å²) in [6, 6.07) is 0. The average molecular weight is 145 g/mol. The zero-order chi connectivity index (χ0) is 6.69. The van der Waals surface area contributed by atoms with E-state index in [0.717, 1.165) is 11.5 Å². The standard InChI is InChI=1S/C3H3N3O2S/c7-3(8)6-2-4-1-5-9-2/h1H,(H,7,8)(H,4,5,6). The van der Waals surface area contributed by atoms with E-state index in [1.165, 1.54) is 6.33 Å². The Morgan fingerprint density at radius 1 is 1.89 bits per heavy atom. The van der Waals surface area contributed by atoms with E-state index in [0.29, 0.717) is 5.13 Å². The number of nitrogens with one attached hydrogen (secondary N) is 1. The highest BCUT2D eigenvalue weighted by Crippen LogP contribution is 2.04. The second-order valence-electron chi connectivity index (χ2n) is 1.18. The Labute approximate surface area is 54.5 Å². The highest BCUT2D eigenvalue weighted by Gasteiger charge is 1.97. The molecule has 0 spiro atoms. The second-order valence-corrected chi connectivity index (χ2v) is 1.96. The van der Waals surface area contributed by atoms with E-state index < -0.39 is 6.09 Å². The number of rotatable bonds is 1. The Balaban J connectivity index is 2.58. The quantitative estimate of drug-likeness (QED) is 0.607. The Morgan fingerprint density at radius 3 is 3.11 bits per heavy atom. The molecule has 0 saturated heterocycles. The molecule has 1 amide bonds. The Morgan fingerprint density at radius 2 is 2.67 bits per heavy atom. The summed E-state index contributed by atoms with van der Waals surface area (Å²) in [6.07, 6.45) is 0.169.